The number of hydrogen-bond acceptors (Lipinski definition) is 4. The van der Waals surface area contributed by atoms with Crippen molar-refractivity contribution in [2.24, 2.45) is 0 Å². The van der Waals surface area contributed by atoms with Crippen LogP contribution in [0.25, 0.3) is 5.69 Å². The van der Waals surface area contributed by atoms with Crippen LogP contribution in [0.2, 0.25) is 0 Å². The van der Waals surface area contributed by atoms with Gasteiger partial charge in [0.1, 0.15) is 5.82 Å². The van der Waals surface area contributed by atoms with E-state index in [-0.39, 0.29) is 18.0 Å². The molecule has 5 rings (SSSR count). The number of aromatic nitrogens is 4. The number of carbonyl (C=O) groups is 1. The van der Waals surface area contributed by atoms with Gasteiger partial charge in [-0.3, -0.25) is 9.59 Å². The van der Waals surface area contributed by atoms with E-state index >= 15 is 0 Å². The normalized spacial score (nSPS) is 15.0. The fourth-order valence-electron chi connectivity index (χ4n) is 4.19. The Kier molecular flexibility index (Phi) is 3.72. The third kappa shape index (κ3) is 2.58. The largest absolute Gasteiger partial charge is 0.327 e. The van der Waals surface area contributed by atoms with Crippen LogP contribution in [0.1, 0.15) is 50.8 Å². The molecule has 1 aliphatic heterocycles. The van der Waals surface area contributed by atoms with Crippen LogP contribution in [-0.2, 0) is 25.9 Å². The lowest BCUT2D eigenvalue weighted by atomic mass is 10.2. The third-order valence-corrected chi connectivity index (χ3v) is 5.61. The molecule has 7 nitrogen and oxygen atoms in total. The number of benzene rings is 1. The van der Waals surface area contributed by atoms with Gasteiger partial charge < -0.3 is 9.88 Å². The molecule has 0 atom stereocenters. The highest BCUT2D eigenvalue weighted by molar-refractivity contribution is 5.94. The van der Waals surface area contributed by atoms with E-state index in [0.29, 0.717) is 29.3 Å². The lowest BCUT2D eigenvalue weighted by Crippen LogP contribution is -2.27. The van der Waals surface area contributed by atoms with Crippen LogP contribution in [0.3, 0.4) is 0 Å². The molecular weight excluding hydrogens is 354 g/mol. The van der Waals surface area contributed by atoms with Crippen LogP contribution >= 0.6 is 0 Å². The first kappa shape index (κ1) is 16.9. The summed E-state index contributed by atoms with van der Waals surface area (Å²) < 4.78 is 1.91. The van der Waals surface area contributed by atoms with Crippen molar-refractivity contribution >= 4 is 5.91 Å². The molecule has 28 heavy (non-hydrogen) atoms. The van der Waals surface area contributed by atoms with E-state index < -0.39 is 0 Å². The predicted molar refractivity (Wildman–Crippen MR) is 103 cm³/mol. The summed E-state index contributed by atoms with van der Waals surface area (Å²) in [6.45, 7) is 4.44. The van der Waals surface area contributed by atoms with Gasteiger partial charge in [-0.1, -0.05) is 17.7 Å². The molecule has 1 N–H and O–H groups in total. The Labute approximate surface area is 162 Å². The smallest absolute Gasteiger partial charge is 0.275 e. The van der Waals surface area contributed by atoms with E-state index in [1.54, 1.807) is 11.8 Å². The van der Waals surface area contributed by atoms with Gasteiger partial charge in [0, 0.05) is 11.3 Å². The molecule has 2 aromatic heterocycles. The van der Waals surface area contributed by atoms with E-state index in [4.69, 9.17) is 5.10 Å². The number of aryl methyl sites for hydroxylation is 2. The Bertz CT molecular complexity index is 1160. The molecule has 142 valence electrons. The van der Waals surface area contributed by atoms with Crippen LogP contribution in [0, 0.1) is 13.8 Å². The molecule has 1 aromatic carbocycles. The monoisotopic (exact) mass is 375 g/mol. The first-order valence-corrected chi connectivity index (χ1v) is 9.57. The maximum atomic E-state index is 13.3. The van der Waals surface area contributed by atoms with Gasteiger partial charge in [0.05, 0.1) is 30.0 Å². The van der Waals surface area contributed by atoms with Crippen molar-refractivity contribution in [3.8, 4) is 5.69 Å². The summed E-state index contributed by atoms with van der Waals surface area (Å²) in [5.74, 6) is 0.446. The van der Waals surface area contributed by atoms with Crippen molar-refractivity contribution < 1.29 is 4.79 Å². The number of hydrogen-bond donors (Lipinski definition) is 1. The maximum absolute atomic E-state index is 13.3. The average Bonchev–Trinajstić information content (AvgIpc) is 3.36. The highest BCUT2D eigenvalue weighted by Gasteiger charge is 2.33. The molecule has 0 spiro atoms. The number of nitrogens with zero attached hydrogens (tertiary/aromatic N) is 4. The molecule has 0 unspecified atom stereocenters. The average molecular weight is 375 g/mol. The van der Waals surface area contributed by atoms with Crippen LogP contribution in [-0.4, -0.2) is 30.6 Å². The van der Waals surface area contributed by atoms with Crippen molar-refractivity contribution in [2.75, 3.05) is 0 Å². The van der Waals surface area contributed by atoms with Gasteiger partial charge in [-0.25, -0.2) is 9.67 Å². The second-order valence-electron chi connectivity index (χ2n) is 7.61. The van der Waals surface area contributed by atoms with Crippen LogP contribution < -0.4 is 5.56 Å². The standard InChI is InChI=1S/C21H21N5O2/c1-12-6-8-14(9-7-12)26-18-5-3-4-15(18)19(24-26)21(28)25-10-16-17(11-25)22-13(2)23-20(16)27/h6-9H,3-5,10-11H2,1-2H3,(H,22,23,27). The Morgan fingerprint density at radius 1 is 1.07 bits per heavy atom. The summed E-state index contributed by atoms with van der Waals surface area (Å²) in [6.07, 6.45) is 2.81. The Morgan fingerprint density at radius 2 is 1.86 bits per heavy atom. The predicted octanol–water partition coefficient (Wildman–Crippen LogP) is 2.22. The molecule has 7 heteroatoms. The van der Waals surface area contributed by atoms with Gasteiger partial charge in [-0.2, -0.15) is 5.10 Å². The summed E-state index contributed by atoms with van der Waals surface area (Å²) in [7, 11) is 0. The summed E-state index contributed by atoms with van der Waals surface area (Å²) in [4.78, 5) is 34.3. The number of fused-ring (bicyclic) bond motifs is 2. The van der Waals surface area contributed by atoms with E-state index in [1.807, 2.05) is 16.8 Å². The summed E-state index contributed by atoms with van der Waals surface area (Å²) in [5.41, 5.74) is 5.93. The van der Waals surface area contributed by atoms with Crippen molar-refractivity contribution in [1.82, 2.24) is 24.6 Å². The second kappa shape index (κ2) is 6.15. The minimum absolute atomic E-state index is 0.126. The van der Waals surface area contributed by atoms with E-state index in [0.717, 1.165) is 36.2 Å². The minimum Gasteiger partial charge on any atom is -0.327 e. The zero-order chi connectivity index (χ0) is 19.4. The molecule has 0 saturated carbocycles. The van der Waals surface area contributed by atoms with Gasteiger partial charge >= 0.3 is 0 Å². The van der Waals surface area contributed by atoms with Crippen molar-refractivity contribution in [2.45, 2.75) is 46.2 Å². The molecule has 3 heterocycles. The van der Waals surface area contributed by atoms with Gasteiger partial charge in [0.15, 0.2) is 5.69 Å². The lowest BCUT2D eigenvalue weighted by Gasteiger charge is -2.14. The first-order chi connectivity index (χ1) is 13.5. The van der Waals surface area contributed by atoms with Crippen LogP contribution in [0.4, 0.5) is 0 Å². The number of H-pyrrole nitrogens is 1. The zero-order valence-corrected chi connectivity index (χ0v) is 16.0. The Morgan fingerprint density at radius 3 is 2.64 bits per heavy atom. The van der Waals surface area contributed by atoms with Crippen molar-refractivity contribution in [1.29, 1.82) is 0 Å². The molecule has 1 amide bonds. The molecule has 2 aliphatic rings. The van der Waals surface area contributed by atoms with Crippen molar-refractivity contribution in [3.05, 3.63) is 74.2 Å². The van der Waals surface area contributed by atoms with Crippen LogP contribution in [0.15, 0.2) is 29.1 Å². The van der Waals surface area contributed by atoms with Gasteiger partial charge in [0.25, 0.3) is 11.5 Å². The number of carbonyl (C=O) groups excluding carboxylic acids is 1. The SMILES string of the molecule is Cc1ccc(-n2nc(C(=O)N3Cc4nc(C)[nH]c(=O)c4C3)c3c2CCC3)cc1. The van der Waals surface area contributed by atoms with Gasteiger partial charge in [-0.15, -0.1) is 0 Å². The summed E-state index contributed by atoms with van der Waals surface area (Å²) in [5, 5.41) is 4.70. The van der Waals surface area contributed by atoms with E-state index in [1.165, 1.54) is 5.56 Å². The maximum Gasteiger partial charge on any atom is 0.275 e. The summed E-state index contributed by atoms with van der Waals surface area (Å²) >= 11 is 0. The molecule has 0 bridgehead atoms. The lowest BCUT2D eigenvalue weighted by molar-refractivity contribution is 0.0742. The second-order valence-corrected chi connectivity index (χ2v) is 7.61. The fourth-order valence-corrected chi connectivity index (χ4v) is 4.19. The zero-order valence-electron chi connectivity index (χ0n) is 16.0. The molecule has 0 saturated heterocycles. The Balaban J connectivity index is 1.51. The fraction of sp³-hybridized carbons (Fsp3) is 0.333. The quantitative estimate of drug-likeness (QED) is 0.744. The first-order valence-electron chi connectivity index (χ1n) is 9.57. The van der Waals surface area contributed by atoms with E-state index in [9.17, 15) is 9.59 Å². The van der Waals surface area contributed by atoms with Gasteiger partial charge in [0.2, 0.25) is 0 Å². The van der Waals surface area contributed by atoms with E-state index in [2.05, 4.69) is 29.0 Å². The molecular formula is C21H21N5O2. The van der Waals surface area contributed by atoms with Gasteiger partial charge in [-0.05, 0) is 45.2 Å². The molecule has 3 aromatic rings. The molecule has 0 fully saturated rings. The number of nitrogens with one attached hydrogen (secondary N) is 1. The third-order valence-electron chi connectivity index (χ3n) is 5.61. The number of aromatic amines is 1. The van der Waals surface area contributed by atoms with Crippen LogP contribution in [0.5, 0.6) is 0 Å². The summed E-state index contributed by atoms with van der Waals surface area (Å²) in [6, 6.07) is 8.18. The topological polar surface area (TPSA) is 83.9 Å². The number of rotatable bonds is 2. The minimum atomic E-state index is -0.159. The van der Waals surface area contributed by atoms with Crippen molar-refractivity contribution in [3.63, 3.8) is 0 Å². The highest BCUT2D eigenvalue weighted by Crippen LogP contribution is 2.30. The highest BCUT2D eigenvalue weighted by atomic mass is 16.2. The number of amides is 1. The Hall–Kier alpha value is -3.22. The molecule has 1 aliphatic carbocycles. The molecule has 0 radical (unpaired) electrons.